The fraction of sp³-hybridized carbons (Fsp3) is 0.0800. The SMILES string of the molecule is COc1ccccc1-n1c(SC/C(O)=C(\C#N)c2nc3ccccc3[nH]2)nc2cc([N+](=O)[O-])ccc21. The van der Waals surface area contributed by atoms with Gasteiger partial charge in [-0.1, -0.05) is 36.0 Å². The van der Waals surface area contributed by atoms with Gasteiger partial charge in [-0.2, -0.15) is 5.26 Å². The van der Waals surface area contributed by atoms with Crippen molar-refractivity contribution in [3.8, 4) is 17.5 Å². The van der Waals surface area contributed by atoms with Gasteiger partial charge in [-0.3, -0.25) is 14.7 Å². The first kappa shape index (κ1) is 22.9. The Kier molecular flexibility index (Phi) is 6.02. The monoisotopic (exact) mass is 498 g/mol. The standard InChI is InChI=1S/C25H18N6O4S/c1-35-23-9-5-4-8-21(23)30-20-11-10-15(31(33)34)12-19(20)29-25(30)36-14-22(32)16(13-26)24-27-17-6-2-3-7-18(17)28-24/h2-12,32H,14H2,1H3,(H,27,28)/b22-16-. The molecule has 178 valence electrons. The fourth-order valence-electron chi connectivity index (χ4n) is 3.83. The maximum absolute atomic E-state index is 11.3. The predicted octanol–water partition coefficient (Wildman–Crippen LogP) is 5.40. The number of thioether (sulfide) groups is 1. The average molecular weight is 499 g/mol. The Morgan fingerprint density at radius 3 is 2.69 bits per heavy atom. The molecule has 10 nitrogen and oxygen atoms in total. The topological polar surface area (TPSA) is 143 Å². The van der Waals surface area contributed by atoms with Crippen LogP contribution in [0.15, 0.2) is 77.6 Å². The maximum Gasteiger partial charge on any atom is 0.271 e. The molecule has 0 aliphatic rings. The zero-order valence-electron chi connectivity index (χ0n) is 18.9. The summed E-state index contributed by atoms with van der Waals surface area (Å²) in [6, 6.07) is 21.1. The second kappa shape index (κ2) is 9.44. The van der Waals surface area contributed by atoms with Gasteiger partial charge in [-0.15, -0.1) is 0 Å². The van der Waals surface area contributed by atoms with E-state index in [0.717, 1.165) is 5.52 Å². The number of aromatic amines is 1. The van der Waals surface area contributed by atoms with Gasteiger partial charge in [0.15, 0.2) is 11.0 Å². The molecule has 0 unspecified atom stereocenters. The minimum absolute atomic E-state index is 0.0144. The van der Waals surface area contributed by atoms with Gasteiger partial charge in [-0.25, -0.2) is 9.97 Å². The first-order chi connectivity index (χ1) is 17.5. The number of nitrogens with zero attached hydrogens (tertiary/aromatic N) is 5. The number of aliphatic hydroxyl groups excluding tert-OH is 1. The molecule has 0 fully saturated rings. The number of para-hydroxylation sites is 4. The molecule has 2 heterocycles. The van der Waals surface area contributed by atoms with E-state index in [0.29, 0.717) is 33.1 Å². The number of fused-ring (bicyclic) bond motifs is 2. The highest BCUT2D eigenvalue weighted by molar-refractivity contribution is 7.99. The summed E-state index contributed by atoms with van der Waals surface area (Å²) < 4.78 is 7.33. The van der Waals surface area contributed by atoms with Crippen molar-refractivity contribution >= 4 is 45.1 Å². The Balaban J connectivity index is 1.57. The summed E-state index contributed by atoms with van der Waals surface area (Å²) in [6.07, 6.45) is 0. The van der Waals surface area contributed by atoms with Gasteiger partial charge >= 0.3 is 0 Å². The summed E-state index contributed by atoms with van der Waals surface area (Å²) in [7, 11) is 1.55. The van der Waals surface area contributed by atoms with Crippen LogP contribution in [0.3, 0.4) is 0 Å². The van der Waals surface area contributed by atoms with E-state index >= 15 is 0 Å². The Hall–Kier alpha value is -4.82. The Bertz CT molecular complexity index is 1670. The van der Waals surface area contributed by atoms with Crippen LogP contribution in [-0.4, -0.2) is 42.4 Å². The molecule has 5 rings (SSSR count). The van der Waals surface area contributed by atoms with Crippen molar-refractivity contribution in [3.05, 3.63) is 88.4 Å². The summed E-state index contributed by atoms with van der Waals surface area (Å²) in [5, 5.41) is 32.3. The van der Waals surface area contributed by atoms with Crippen molar-refractivity contribution in [3.63, 3.8) is 0 Å². The molecule has 36 heavy (non-hydrogen) atoms. The number of imidazole rings is 2. The molecule has 2 aromatic heterocycles. The van der Waals surface area contributed by atoms with E-state index in [4.69, 9.17) is 4.74 Å². The lowest BCUT2D eigenvalue weighted by molar-refractivity contribution is -0.384. The first-order valence-corrected chi connectivity index (χ1v) is 11.7. The normalized spacial score (nSPS) is 11.9. The summed E-state index contributed by atoms with van der Waals surface area (Å²) in [5.74, 6) is 0.689. The van der Waals surface area contributed by atoms with E-state index < -0.39 is 4.92 Å². The molecule has 0 atom stereocenters. The third-order valence-electron chi connectivity index (χ3n) is 5.51. The van der Waals surface area contributed by atoms with Crippen LogP contribution in [0.2, 0.25) is 0 Å². The highest BCUT2D eigenvalue weighted by atomic mass is 32.2. The van der Waals surface area contributed by atoms with E-state index in [1.807, 2.05) is 53.1 Å². The van der Waals surface area contributed by atoms with Crippen LogP contribution in [-0.2, 0) is 0 Å². The van der Waals surface area contributed by atoms with Gasteiger partial charge in [0.2, 0.25) is 0 Å². The molecule has 0 bridgehead atoms. The molecule has 0 aliphatic heterocycles. The second-order valence-electron chi connectivity index (χ2n) is 7.66. The number of hydrogen-bond donors (Lipinski definition) is 2. The third-order valence-corrected chi connectivity index (χ3v) is 6.46. The molecule has 0 amide bonds. The predicted molar refractivity (Wildman–Crippen MR) is 136 cm³/mol. The van der Waals surface area contributed by atoms with E-state index in [1.165, 1.54) is 23.9 Å². The van der Waals surface area contributed by atoms with E-state index in [2.05, 4.69) is 15.0 Å². The van der Waals surface area contributed by atoms with E-state index in [-0.39, 0.29) is 28.6 Å². The van der Waals surface area contributed by atoms with Crippen LogP contribution in [0.25, 0.3) is 33.3 Å². The number of benzene rings is 3. The highest BCUT2D eigenvalue weighted by Crippen LogP contribution is 2.34. The van der Waals surface area contributed by atoms with Gasteiger partial charge < -0.3 is 14.8 Å². The van der Waals surface area contributed by atoms with Crippen LogP contribution in [0.4, 0.5) is 5.69 Å². The van der Waals surface area contributed by atoms with Crippen molar-refractivity contribution < 1.29 is 14.8 Å². The number of nitrogens with one attached hydrogen (secondary N) is 1. The Labute approximate surface area is 208 Å². The number of H-pyrrole nitrogens is 1. The number of nitro groups is 1. The molecule has 2 N–H and O–H groups in total. The molecule has 0 radical (unpaired) electrons. The number of non-ortho nitro benzene ring substituents is 1. The lowest BCUT2D eigenvalue weighted by Gasteiger charge is -2.13. The van der Waals surface area contributed by atoms with Gasteiger partial charge in [0.05, 0.1) is 45.5 Å². The molecule has 0 spiro atoms. The van der Waals surface area contributed by atoms with Crippen LogP contribution < -0.4 is 4.74 Å². The first-order valence-electron chi connectivity index (χ1n) is 10.7. The Morgan fingerprint density at radius 2 is 1.94 bits per heavy atom. The van der Waals surface area contributed by atoms with E-state index in [9.17, 15) is 20.5 Å². The van der Waals surface area contributed by atoms with Crippen molar-refractivity contribution in [2.45, 2.75) is 5.16 Å². The van der Waals surface area contributed by atoms with Crippen LogP contribution in [0.1, 0.15) is 5.82 Å². The molecular weight excluding hydrogens is 480 g/mol. The van der Waals surface area contributed by atoms with Gasteiger partial charge in [0.25, 0.3) is 5.69 Å². The molecule has 5 aromatic rings. The maximum atomic E-state index is 11.3. The smallest absolute Gasteiger partial charge is 0.271 e. The molecule has 0 saturated carbocycles. The molecular formula is C25H18N6O4S. The second-order valence-corrected chi connectivity index (χ2v) is 8.60. The minimum atomic E-state index is -0.477. The molecule has 0 aliphatic carbocycles. The minimum Gasteiger partial charge on any atom is -0.510 e. The van der Waals surface area contributed by atoms with E-state index in [1.54, 1.807) is 19.2 Å². The van der Waals surface area contributed by atoms with Crippen molar-refractivity contribution in [2.24, 2.45) is 0 Å². The molecule has 11 heteroatoms. The summed E-state index contributed by atoms with van der Waals surface area (Å²) >= 11 is 1.18. The van der Waals surface area contributed by atoms with Crippen LogP contribution in [0.5, 0.6) is 5.75 Å². The molecule has 0 saturated heterocycles. The highest BCUT2D eigenvalue weighted by Gasteiger charge is 2.20. The quantitative estimate of drug-likeness (QED) is 0.0998. The number of methoxy groups -OCH3 is 1. The zero-order chi connectivity index (χ0) is 25.2. The number of nitriles is 1. The number of hydrogen-bond acceptors (Lipinski definition) is 8. The zero-order valence-corrected chi connectivity index (χ0v) is 19.7. The number of aliphatic hydroxyl groups is 1. The van der Waals surface area contributed by atoms with Crippen molar-refractivity contribution in [1.82, 2.24) is 19.5 Å². The van der Waals surface area contributed by atoms with Crippen LogP contribution in [0, 0.1) is 21.4 Å². The number of aromatic nitrogens is 4. The van der Waals surface area contributed by atoms with Gasteiger partial charge in [0.1, 0.15) is 23.2 Å². The number of nitro benzene ring substituents is 1. The van der Waals surface area contributed by atoms with Crippen molar-refractivity contribution in [1.29, 1.82) is 5.26 Å². The average Bonchev–Trinajstić information content (AvgIpc) is 3.48. The van der Waals surface area contributed by atoms with Gasteiger partial charge in [-0.05, 0) is 30.3 Å². The third kappa shape index (κ3) is 4.10. The fourth-order valence-corrected chi connectivity index (χ4v) is 4.73. The molecule has 3 aromatic carbocycles. The lowest BCUT2D eigenvalue weighted by Crippen LogP contribution is -2.01. The van der Waals surface area contributed by atoms with Crippen molar-refractivity contribution in [2.75, 3.05) is 12.9 Å². The Morgan fingerprint density at radius 1 is 1.17 bits per heavy atom. The largest absolute Gasteiger partial charge is 0.510 e. The summed E-state index contributed by atoms with van der Waals surface area (Å²) in [4.78, 5) is 22.9. The van der Waals surface area contributed by atoms with Crippen LogP contribution >= 0.6 is 11.8 Å². The number of ether oxygens (including phenoxy) is 1. The summed E-state index contributed by atoms with van der Waals surface area (Å²) in [6.45, 7) is 0. The van der Waals surface area contributed by atoms with Gasteiger partial charge in [0, 0.05) is 12.1 Å². The number of rotatable bonds is 7. The number of allylic oxidation sites excluding steroid dienone is 1. The summed E-state index contributed by atoms with van der Waals surface area (Å²) in [5.41, 5.74) is 3.10. The lowest BCUT2D eigenvalue weighted by atomic mass is 10.2.